The van der Waals surface area contributed by atoms with E-state index in [4.69, 9.17) is 4.74 Å². The quantitative estimate of drug-likeness (QED) is 0.570. The third kappa shape index (κ3) is 5.16. The third-order valence-corrected chi connectivity index (χ3v) is 4.66. The largest absolute Gasteiger partial charge is 0.465 e. The number of nitrogens with one attached hydrogen (secondary N) is 1. The molecule has 0 saturated carbocycles. The number of carbonyl (C=O) groups is 2. The first-order valence-corrected chi connectivity index (χ1v) is 8.31. The summed E-state index contributed by atoms with van der Waals surface area (Å²) in [7, 11) is 1.36. The molecule has 0 aromatic carbocycles. The van der Waals surface area contributed by atoms with Crippen molar-refractivity contribution in [2.45, 2.75) is 59.3 Å². The summed E-state index contributed by atoms with van der Waals surface area (Å²) in [5.74, 6) is -0.423. The number of carbonyl (C=O) groups excluding carboxylic acids is 2. The summed E-state index contributed by atoms with van der Waals surface area (Å²) in [5.41, 5.74) is 1.37. The van der Waals surface area contributed by atoms with E-state index in [1.165, 1.54) is 37.7 Å². The van der Waals surface area contributed by atoms with E-state index in [0.29, 0.717) is 17.0 Å². The maximum Gasteiger partial charge on any atom is 0.341 e. The van der Waals surface area contributed by atoms with Crippen LogP contribution >= 0.6 is 11.3 Å². The Morgan fingerprint density at radius 1 is 1.14 bits per heavy atom. The molecule has 0 fully saturated rings. The Bertz CT molecular complexity index is 494. The van der Waals surface area contributed by atoms with Crippen LogP contribution in [0.1, 0.15) is 66.2 Å². The summed E-state index contributed by atoms with van der Waals surface area (Å²) in [5, 5.41) is 3.46. The summed E-state index contributed by atoms with van der Waals surface area (Å²) in [4.78, 5) is 24.8. The number of unbranched alkanes of at least 4 members (excludes halogenated alkanes) is 4. The first kappa shape index (κ1) is 17.7. The smallest absolute Gasteiger partial charge is 0.341 e. The van der Waals surface area contributed by atoms with Gasteiger partial charge in [0.1, 0.15) is 5.00 Å². The van der Waals surface area contributed by atoms with E-state index >= 15 is 0 Å². The van der Waals surface area contributed by atoms with Gasteiger partial charge in [-0.2, -0.15) is 0 Å². The molecule has 0 aliphatic heterocycles. The molecule has 0 aliphatic rings. The van der Waals surface area contributed by atoms with E-state index in [0.717, 1.165) is 23.3 Å². The molecule has 118 valence electrons. The maximum atomic E-state index is 12.0. The first-order chi connectivity index (χ1) is 10.0. The molecule has 0 bridgehead atoms. The summed E-state index contributed by atoms with van der Waals surface area (Å²) >= 11 is 1.43. The van der Waals surface area contributed by atoms with Crippen LogP contribution in [0.3, 0.4) is 0 Å². The molecule has 1 amide bonds. The lowest BCUT2D eigenvalue weighted by atomic mass is 10.1. The Morgan fingerprint density at radius 3 is 2.43 bits per heavy atom. The normalized spacial score (nSPS) is 10.5. The molecular formula is C16H25NO3S. The molecule has 1 aromatic heterocycles. The van der Waals surface area contributed by atoms with Crippen LogP contribution in [0, 0.1) is 13.8 Å². The Morgan fingerprint density at radius 2 is 1.81 bits per heavy atom. The highest BCUT2D eigenvalue weighted by molar-refractivity contribution is 7.16. The van der Waals surface area contributed by atoms with E-state index in [2.05, 4.69) is 12.2 Å². The average molecular weight is 311 g/mol. The number of aryl methyl sites for hydroxylation is 1. The minimum atomic E-state index is -0.393. The van der Waals surface area contributed by atoms with Gasteiger partial charge in [-0.05, 0) is 25.8 Å². The predicted octanol–water partition coefficient (Wildman–Crippen LogP) is 4.45. The fourth-order valence-corrected chi connectivity index (χ4v) is 3.21. The molecule has 1 heterocycles. The molecule has 0 atom stereocenters. The second-order valence-electron chi connectivity index (χ2n) is 5.19. The van der Waals surface area contributed by atoms with E-state index in [9.17, 15) is 9.59 Å². The van der Waals surface area contributed by atoms with Crippen LogP contribution in [0.15, 0.2) is 0 Å². The molecule has 1 rings (SSSR count). The third-order valence-electron chi connectivity index (χ3n) is 3.54. The van der Waals surface area contributed by atoms with Crippen LogP contribution in [0.4, 0.5) is 5.00 Å². The fraction of sp³-hybridized carbons (Fsp3) is 0.625. The summed E-state index contributed by atoms with van der Waals surface area (Å²) in [6, 6.07) is 0. The lowest BCUT2D eigenvalue weighted by Gasteiger charge is -2.06. The number of ether oxygens (including phenoxy) is 1. The SMILES string of the molecule is CCCCCCCC(=O)Nc1sc(C)c(C)c1C(=O)OC. The first-order valence-electron chi connectivity index (χ1n) is 7.49. The van der Waals surface area contributed by atoms with Gasteiger partial charge in [0.2, 0.25) is 5.91 Å². The minimum Gasteiger partial charge on any atom is -0.465 e. The van der Waals surface area contributed by atoms with Gasteiger partial charge >= 0.3 is 5.97 Å². The van der Waals surface area contributed by atoms with Crippen molar-refractivity contribution in [2.24, 2.45) is 0 Å². The van der Waals surface area contributed by atoms with Crippen LogP contribution < -0.4 is 5.32 Å². The number of rotatable bonds is 8. The van der Waals surface area contributed by atoms with Gasteiger partial charge in [0.15, 0.2) is 0 Å². The highest BCUT2D eigenvalue weighted by atomic mass is 32.1. The standard InChI is InChI=1S/C16H25NO3S/c1-5-6-7-8-9-10-13(18)17-15-14(16(19)20-4)11(2)12(3)21-15/h5-10H2,1-4H3,(H,17,18). The number of hydrogen-bond donors (Lipinski definition) is 1. The molecule has 0 radical (unpaired) electrons. The van der Waals surface area contributed by atoms with Gasteiger partial charge in [0, 0.05) is 11.3 Å². The maximum absolute atomic E-state index is 12.0. The number of methoxy groups -OCH3 is 1. The van der Waals surface area contributed by atoms with Gasteiger partial charge in [0.25, 0.3) is 0 Å². The molecule has 0 unspecified atom stereocenters. The average Bonchev–Trinajstić information content (AvgIpc) is 2.72. The number of amides is 1. The Balaban J connectivity index is 2.60. The second kappa shape index (κ2) is 8.82. The molecule has 21 heavy (non-hydrogen) atoms. The van der Waals surface area contributed by atoms with Crippen molar-refractivity contribution >= 4 is 28.2 Å². The van der Waals surface area contributed by atoms with Crippen LogP contribution in [-0.4, -0.2) is 19.0 Å². The van der Waals surface area contributed by atoms with E-state index in [-0.39, 0.29) is 5.91 Å². The molecular weight excluding hydrogens is 286 g/mol. The molecule has 0 saturated heterocycles. The van der Waals surface area contributed by atoms with E-state index in [1.807, 2.05) is 13.8 Å². The van der Waals surface area contributed by atoms with Crippen molar-refractivity contribution in [1.82, 2.24) is 0 Å². The second-order valence-corrected chi connectivity index (χ2v) is 6.42. The Hall–Kier alpha value is -1.36. The molecule has 0 aliphatic carbocycles. The molecule has 1 N–H and O–H groups in total. The lowest BCUT2D eigenvalue weighted by molar-refractivity contribution is -0.116. The Kier molecular flexibility index (Phi) is 7.43. The summed E-state index contributed by atoms with van der Waals surface area (Å²) in [6.45, 7) is 5.98. The van der Waals surface area contributed by atoms with Gasteiger partial charge in [0.05, 0.1) is 12.7 Å². The van der Waals surface area contributed by atoms with Crippen LogP contribution in [0.5, 0.6) is 0 Å². The lowest BCUT2D eigenvalue weighted by Crippen LogP contribution is -2.13. The number of anilines is 1. The van der Waals surface area contributed by atoms with Crippen molar-refractivity contribution in [2.75, 3.05) is 12.4 Å². The van der Waals surface area contributed by atoms with Crippen molar-refractivity contribution in [1.29, 1.82) is 0 Å². The number of esters is 1. The van der Waals surface area contributed by atoms with Gasteiger partial charge in [-0.25, -0.2) is 4.79 Å². The predicted molar refractivity (Wildman–Crippen MR) is 87.1 cm³/mol. The van der Waals surface area contributed by atoms with Crippen molar-refractivity contribution < 1.29 is 14.3 Å². The van der Waals surface area contributed by atoms with Crippen LogP contribution in [0.25, 0.3) is 0 Å². The number of thiophene rings is 1. The van der Waals surface area contributed by atoms with Crippen molar-refractivity contribution in [3.63, 3.8) is 0 Å². The highest BCUT2D eigenvalue weighted by Crippen LogP contribution is 2.33. The van der Waals surface area contributed by atoms with Gasteiger partial charge in [-0.1, -0.05) is 32.6 Å². The monoisotopic (exact) mass is 311 g/mol. The molecule has 5 heteroatoms. The summed E-state index contributed by atoms with van der Waals surface area (Å²) < 4.78 is 4.79. The highest BCUT2D eigenvalue weighted by Gasteiger charge is 2.21. The zero-order chi connectivity index (χ0) is 15.8. The van der Waals surface area contributed by atoms with Gasteiger partial charge in [-0.3, -0.25) is 4.79 Å². The van der Waals surface area contributed by atoms with Crippen molar-refractivity contribution in [3.05, 3.63) is 16.0 Å². The van der Waals surface area contributed by atoms with Crippen LogP contribution in [0.2, 0.25) is 0 Å². The molecule has 4 nitrogen and oxygen atoms in total. The molecule has 0 spiro atoms. The van der Waals surface area contributed by atoms with Gasteiger partial charge < -0.3 is 10.1 Å². The topological polar surface area (TPSA) is 55.4 Å². The molecule has 1 aromatic rings. The van der Waals surface area contributed by atoms with E-state index < -0.39 is 5.97 Å². The number of hydrogen-bond acceptors (Lipinski definition) is 4. The van der Waals surface area contributed by atoms with Crippen LogP contribution in [-0.2, 0) is 9.53 Å². The van der Waals surface area contributed by atoms with E-state index in [1.54, 1.807) is 0 Å². The summed E-state index contributed by atoms with van der Waals surface area (Å²) in [6.07, 6.45) is 6.06. The zero-order valence-electron chi connectivity index (χ0n) is 13.4. The minimum absolute atomic E-state index is 0.0297. The zero-order valence-corrected chi connectivity index (χ0v) is 14.2. The Labute approximate surface area is 130 Å². The fourth-order valence-electron chi connectivity index (χ4n) is 2.14. The van der Waals surface area contributed by atoms with Crippen molar-refractivity contribution in [3.8, 4) is 0 Å². The van der Waals surface area contributed by atoms with Gasteiger partial charge in [-0.15, -0.1) is 11.3 Å².